The fraction of sp³-hybridized carbons (Fsp3) is 0.562. The van der Waals surface area contributed by atoms with E-state index in [1.807, 2.05) is 4.90 Å². The minimum atomic E-state index is -0.979. The van der Waals surface area contributed by atoms with Crippen LogP contribution in [0.15, 0.2) is 18.2 Å². The molecule has 0 saturated carbocycles. The van der Waals surface area contributed by atoms with E-state index in [1.165, 1.54) is 6.07 Å². The second-order valence-corrected chi connectivity index (χ2v) is 6.10. The summed E-state index contributed by atoms with van der Waals surface area (Å²) >= 11 is 0. The van der Waals surface area contributed by atoms with Crippen LogP contribution >= 0.6 is 0 Å². The average molecular weight is 309 g/mol. The van der Waals surface area contributed by atoms with Gasteiger partial charge in [-0.25, -0.2) is 4.39 Å². The molecule has 1 atom stereocenters. The van der Waals surface area contributed by atoms with Gasteiger partial charge in [0.2, 0.25) is 0 Å². The molecule has 1 fully saturated rings. The van der Waals surface area contributed by atoms with Gasteiger partial charge in [0, 0.05) is 19.6 Å². The Balaban J connectivity index is 1.68. The number of piperidine rings is 1. The van der Waals surface area contributed by atoms with Crippen LogP contribution in [0.3, 0.4) is 0 Å². The topological polar surface area (TPSA) is 70.0 Å². The number of carboxylic acid groups (broad SMARTS) is 1. The van der Waals surface area contributed by atoms with Gasteiger partial charge in [0.15, 0.2) is 0 Å². The Morgan fingerprint density at radius 3 is 2.77 bits per heavy atom. The Morgan fingerprint density at radius 1 is 1.41 bits per heavy atom. The molecular formula is C16H20FNO4. The van der Waals surface area contributed by atoms with Crippen LogP contribution in [-0.2, 0) is 21.7 Å². The fourth-order valence-electron chi connectivity index (χ4n) is 3.43. The second-order valence-electron chi connectivity index (χ2n) is 6.10. The molecule has 120 valence electrons. The van der Waals surface area contributed by atoms with Crippen molar-refractivity contribution in [3.63, 3.8) is 0 Å². The largest absolute Gasteiger partial charge is 0.481 e. The first kappa shape index (κ1) is 15.4. The molecule has 0 radical (unpaired) electrons. The molecule has 2 aliphatic heterocycles. The molecule has 2 N–H and O–H groups in total. The van der Waals surface area contributed by atoms with Gasteiger partial charge >= 0.3 is 5.97 Å². The van der Waals surface area contributed by atoms with Gasteiger partial charge in [0.1, 0.15) is 5.82 Å². The molecule has 22 heavy (non-hydrogen) atoms. The highest BCUT2D eigenvalue weighted by Gasteiger charge is 2.43. The molecule has 1 spiro atoms. The van der Waals surface area contributed by atoms with E-state index < -0.39 is 17.5 Å². The first-order valence-electron chi connectivity index (χ1n) is 7.53. The summed E-state index contributed by atoms with van der Waals surface area (Å²) in [6.07, 6.45) is 1.42. The van der Waals surface area contributed by atoms with Gasteiger partial charge in [-0.05, 0) is 36.1 Å². The minimum Gasteiger partial charge on any atom is -0.481 e. The molecule has 0 amide bonds. The number of halogens is 1. The third-order valence-electron chi connectivity index (χ3n) is 4.78. The summed E-state index contributed by atoms with van der Waals surface area (Å²) in [7, 11) is 0. The van der Waals surface area contributed by atoms with Gasteiger partial charge in [-0.15, -0.1) is 0 Å². The zero-order chi connectivity index (χ0) is 15.7. The summed E-state index contributed by atoms with van der Waals surface area (Å²) in [6.45, 7) is 1.84. The summed E-state index contributed by atoms with van der Waals surface area (Å²) in [5, 5.41) is 18.1. The molecule has 1 saturated heterocycles. The van der Waals surface area contributed by atoms with E-state index >= 15 is 0 Å². The van der Waals surface area contributed by atoms with E-state index in [2.05, 4.69) is 0 Å². The predicted octanol–water partition coefficient (Wildman–Crippen LogP) is 1.34. The summed E-state index contributed by atoms with van der Waals surface area (Å²) in [5.41, 5.74) is 1.53. The van der Waals surface area contributed by atoms with Crippen LogP contribution in [0.25, 0.3) is 0 Å². The highest BCUT2D eigenvalue weighted by molar-refractivity contribution is 5.70. The number of rotatable bonds is 4. The molecule has 6 heteroatoms. The van der Waals surface area contributed by atoms with Crippen LogP contribution in [-0.4, -0.2) is 47.3 Å². The number of aliphatic hydroxyl groups excluding tert-OH is 1. The van der Waals surface area contributed by atoms with Crippen molar-refractivity contribution in [3.05, 3.63) is 35.1 Å². The molecule has 3 rings (SSSR count). The van der Waals surface area contributed by atoms with Gasteiger partial charge < -0.3 is 19.8 Å². The molecule has 0 aliphatic carbocycles. The SMILES string of the molecule is O=C(O)C(CO)CN1CCC2(CC1)OCc1ccc(F)cc12. The summed E-state index contributed by atoms with van der Waals surface area (Å²) < 4.78 is 19.5. The summed E-state index contributed by atoms with van der Waals surface area (Å²) in [4.78, 5) is 13.0. The van der Waals surface area contributed by atoms with Crippen LogP contribution in [0.1, 0.15) is 24.0 Å². The maximum absolute atomic E-state index is 13.5. The van der Waals surface area contributed by atoms with Gasteiger partial charge in [-0.1, -0.05) is 6.07 Å². The number of likely N-dealkylation sites (tertiary alicyclic amines) is 1. The lowest BCUT2D eigenvalue weighted by molar-refractivity contribution is -0.144. The lowest BCUT2D eigenvalue weighted by Crippen LogP contribution is -2.45. The van der Waals surface area contributed by atoms with Crippen molar-refractivity contribution >= 4 is 5.97 Å². The Hall–Kier alpha value is -1.50. The monoisotopic (exact) mass is 309 g/mol. The third kappa shape index (κ3) is 2.74. The quantitative estimate of drug-likeness (QED) is 0.878. The molecule has 0 aromatic heterocycles. The lowest BCUT2D eigenvalue weighted by atomic mass is 9.83. The maximum Gasteiger partial charge on any atom is 0.310 e. The molecule has 1 unspecified atom stereocenters. The van der Waals surface area contributed by atoms with Crippen molar-refractivity contribution in [2.75, 3.05) is 26.2 Å². The summed E-state index contributed by atoms with van der Waals surface area (Å²) in [5.74, 6) is -1.99. The number of hydrogen-bond acceptors (Lipinski definition) is 4. The molecule has 1 aromatic carbocycles. The average Bonchev–Trinajstić information content (AvgIpc) is 2.85. The van der Waals surface area contributed by atoms with E-state index in [1.54, 1.807) is 12.1 Å². The number of hydrogen-bond donors (Lipinski definition) is 2. The number of fused-ring (bicyclic) bond motifs is 2. The molecule has 1 aromatic rings. The third-order valence-corrected chi connectivity index (χ3v) is 4.78. The molecule has 2 aliphatic rings. The van der Waals surface area contributed by atoms with E-state index in [-0.39, 0.29) is 12.4 Å². The fourth-order valence-corrected chi connectivity index (χ4v) is 3.43. The zero-order valence-corrected chi connectivity index (χ0v) is 12.3. The van der Waals surface area contributed by atoms with Gasteiger partial charge in [-0.2, -0.15) is 0 Å². The van der Waals surface area contributed by atoms with Crippen LogP contribution in [0, 0.1) is 11.7 Å². The molecular weight excluding hydrogens is 289 g/mol. The van der Waals surface area contributed by atoms with Crippen molar-refractivity contribution in [1.82, 2.24) is 4.90 Å². The summed E-state index contributed by atoms with van der Waals surface area (Å²) in [6, 6.07) is 4.79. The van der Waals surface area contributed by atoms with Crippen LogP contribution in [0.5, 0.6) is 0 Å². The number of nitrogens with zero attached hydrogens (tertiary/aromatic N) is 1. The van der Waals surface area contributed by atoms with Crippen molar-refractivity contribution < 1.29 is 24.1 Å². The van der Waals surface area contributed by atoms with Gasteiger partial charge in [0.25, 0.3) is 0 Å². The number of carbonyl (C=O) groups is 1. The Morgan fingerprint density at radius 2 is 2.14 bits per heavy atom. The molecule has 2 heterocycles. The predicted molar refractivity (Wildman–Crippen MR) is 76.8 cm³/mol. The van der Waals surface area contributed by atoms with Gasteiger partial charge in [0.05, 0.1) is 24.7 Å². The zero-order valence-electron chi connectivity index (χ0n) is 12.3. The standard InChI is InChI=1S/C16H20FNO4/c17-13-2-1-11-10-22-16(14(11)7-13)3-5-18(6-4-16)8-12(9-19)15(20)21/h1-2,7,12,19H,3-6,8-10H2,(H,20,21). The Kier molecular flexibility index (Phi) is 4.16. The first-order chi connectivity index (χ1) is 10.5. The number of carboxylic acids is 1. The smallest absolute Gasteiger partial charge is 0.310 e. The van der Waals surface area contributed by atoms with Crippen molar-refractivity contribution in [2.45, 2.75) is 25.0 Å². The first-order valence-corrected chi connectivity index (χ1v) is 7.53. The highest BCUT2D eigenvalue weighted by atomic mass is 19.1. The van der Waals surface area contributed by atoms with Crippen molar-refractivity contribution in [3.8, 4) is 0 Å². The number of benzene rings is 1. The Labute approximate surface area is 128 Å². The van der Waals surface area contributed by atoms with E-state index in [0.29, 0.717) is 39.1 Å². The Bertz CT molecular complexity index is 569. The van der Waals surface area contributed by atoms with E-state index in [0.717, 1.165) is 11.1 Å². The number of aliphatic hydroxyl groups is 1. The van der Waals surface area contributed by atoms with Crippen LogP contribution in [0.4, 0.5) is 4.39 Å². The highest BCUT2D eigenvalue weighted by Crippen LogP contribution is 2.44. The van der Waals surface area contributed by atoms with Crippen LogP contribution < -0.4 is 0 Å². The maximum atomic E-state index is 13.5. The number of ether oxygens (including phenoxy) is 1. The number of aliphatic carboxylic acids is 1. The minimum absolute atomic E-state index is 0.253. The van der Waals surface area contributed by atoms with Crippen LogP contribution in [0.2, 0.25) is 0 Å². The van der Waals surface area contributed by atoms with Crippen molar-refractivity contribution in [1.29, 1.82) is 0 Å². The van der Waals surface area contributed by atoms with Crippen molar-refractivity contribution in [2.24, 2.45) is 5.92 Å². The lowest BCUT2D eigenvalue weighted by Gasteiger charge is -2.39. The van der Waals surface area contributed by atoms with Gasteiger partial charge in [-0.3, -0.25) is 4.79 Å². The van der Waals surface area contributed by atoms with E-state index in [9.17, 15) is 9.18 Å². The molecule has 0 bridgehead atoms. The second kappa shape index (κ2) is 5.95. The van der Waals surface area contributed by atoms with E-state index in [4.69, 9.17) is 14.9 Å². The molecule has 5 nitrogen and oxygen atoms in total. The normalized spacial score (nSPS) is 21.7.